The van der Waals surface area contributed by atoms with E-state index in [1.165, 1.54) is 18.2 Å². The van der Waals surface area contributed by atoms with Gasteiger partial charge in [0.25, 0.3) is 10.0 Å². The summed E-state index contributed by atoms with van der Waals surface area (Å²) in [7, 11) is -4.57. The Morgan fingerprint density at radius 3 is 2.56 bits per heavy atom. The highest BCUT2D eigenvalue weighted by atomic mass is 32.2. The van der Waals surface area contributed by atoms with Crippen LogP contribution in [0.25, 0.3) is 0 Å². The quantitative estimate of drug-likeness (QED) is 0.380. The van der Waals surface area contributed by atoms with Gasteiger partial charge in [0.2, 0.25) is 5.91 Å². The van der Waals surface area contributed by atoms with Crippen LogP contribution in [0.4, 0.5) is 29.3 Å². The van der Waals surface area contributed by atoms with Crippen molar-refractivity contribution in [3.05, 3.63) is 48.0 Å². The van der Waals surface area contributed by atoms with E-state index >= 15 is 0 Å². The molecule has 1 fully saturated rings. The van der Waals surface area contributed by atoms with E-state index in [9.17, 15) is 31.2 Å². The lowest BCUT2D eigenvalue weighted by Crippen LogP contribution is -2.46. The van der Waals surface area contributed by atoms with Crippen LogP contribution in [0.1, 0.15) is 39.2 Å². The van der Waals surface area contributed by atoms with Gasteiger partial charge in [-0.3, -0.25) is 25.3 Å². The number of rotatable bonds is 7. The van der Waals surface area contributed by atoms with E-state index in [1.54, 1.807) is 20.8 Å². The van der Waals surface area contributed by atoms with Crippen molar-refractivity contribution in [2.24, 2.45) is 0 Å². The van der Waals surface area contributed by atoms with Gasteiger partial charge in [0.05, 0.1) is 29.1 Å². The molecule has 0 radical (unpaired) electrons. The van der Waals surface area contributed by atoms with Gasteiger partial charge in [0.15, 0.2) is 0 Å². The van der Waals surface area contributed by atoms with Crippen molar-refractivity contribution in [2.75, 3.05) is 29.3 Å². The lowest BCUT2D eigenvalue weighted by molar-refractivity contribution is -0.137. The molecule has 11 nitrogen and oxygen atoms in total. The molecule has 0 bridgehead atoms. The van der Waals surface area contributed by atoms with Crippen LogP contribution in [0, 0.1) is 0 Å². The molecule has 2 atom stereocenters. The minimum absolute atomic E-state index is 0.0196. The van der Waals surface area contributed by atoms with Crippen LogP contribution in [0.15, 0.2) is 47.4 Å². The molecule has 2 aliphatic heterocycles. The number of alkyl halides is 3. The lowest BCUT2D eigenvalue weighted by Gasteiger charge is -2.35. The third-order valence-corrected chi connectivity index (χ3v) is 7.94. The molecule has 224 valence electrons. The third-order valence-electron chi connectivity index (χ3n) is 6.17. The molecule has 0 aliphatic carbocycles. The van der Waals surface area contributed by atoms with Crippen LogP contribution in [-0.2, 0) is 25.7 Å². The van der Waals surface area contributed by atoms with Crippen molar-refractivity contribution >= 4 is 33.4 Å². The van der Waals surface area contributed by atoms with Gasteiger partial charge in [-0.15, -0.1) is 0 Å². The van der Waals surface area contributed by atoms with E-state index in [1.807, 2.05) is 0 Å². The van der Waals surface area contributed by atoms with E-state index in [0.717, 1.165) is 35.5 Å². The molecule has 15 heteroatoms. The Morgan fingerprint density at radius 1 is 1.15 bits per heavy atom. The summed E-state index contributed by atoms with van der Waals surface area (Å²) < 4.78 is 79.7. The maximum absolute atomic E-state index is 13.8. The van der Waals surface area contributed by atoms with Gasteiger partial charge in [0, 0.05) is 24.8 Å². The number of benzene rings is 2. The van der Waals surface area contributed by atoms with E-state index < -0.39 is 44.5 Å². The van der Waals surface area contributed by atoms with Gasteiger partial charge in [-0.05, 0) is 63.6 Å². The number of nitrogens with zero attached hydrogens (tertiary/aromatic N) is 1. The summed E-state index contributed by atoms with van der Waals surface area (Å²) in [5.74, 6) is -0.312. The average molecular weight is 600 g/mol. The van der Waals surface area contributed by atoms with Crippen molar-refractivity contribution < 1.29 is 40.7 Å². The second-order valence-electron chi connectivity index (χ2n) is 10.7. The Hall–Kier alpha value is -3.56. The number of sulfonamides is 1. The fourth-order valence-electron chi connectivity index (χ4n) is 4.31. The van der Waals surface area contributed by atoms with E-state index in [4.69, 9.17) is 9.47 Å². The van der Waals surface area contributed by atoms with E-state index in [2.05, 4.69) is 21.5 Å². The van der Waals surface area contributed by atoms with Crippen molar-refractivity contribution in [1.29, 1.82) is 0 Å². The van der Waals surface area contributed by atoms with Gasteiger partial charge >= 0.3 is 12.3 Å². The number of hydrazine groups is 1. The van der Waals surface area contributed by atoms with E-state index in [-0.39, 0.29) is 42.0 Å². The first-order chi connectivity index (χ1) is 19.1. The fraction of sp³-hybridized carbons (Fsp3) is 0.462. The molecule has 1 saturated heterocycles. The number of carbonyl (C=O) groups is 2. The van der Waals surface area contributed by atoms with E-state index in [0.29, 0.717) is 12.6 Å². The van der Waals surface area contributed by atoms with Crippen LogP contribution >= 0.6 is 0 Å². The van der Waals surface area contributed by atoms with Gasteiger partial charge in [-0.1, -0.05) is 6.07 Å². The number of amides is 2. The standard InChI is InChI=1S/C26H32F3N5O6S/c1-25(2,3)40-24(36)32-17-7-8-22-21(12-17)34(41(37,38)20-6-4-5-16(11-20)26(27,28)29)15-19(39-22)13-23(35)30-14-18-9-10-31-33-18/h4-8,11-12,18-19,31,33H,9-10,13-15H2,1-3H3,(H,30,35)(H,32,36)/t18?,19-/m0/s1. The summed E-state index contributed by atoms with van der Waals surface area (Å²) in [6, 6.07) is 7.63. The minimum Gasteiger partial charge on any atom is -0.486 e. The van der Waals surface area contributed by atoms with Gasteiger partial charge in [-0.25, -0.2) is 13.2 Å². The number of nitrogens with one attached hydrogen (secondary N) is 4. The smallest absolute Gasteiger partial charge is 0.416 e. The van der Waals surface area contributed by atoms with Crippen molar-refractivity contribution in [2.45, 2.75) is 62.4 Å². The number of ether oxygens (including phenoxy) is 2. The second-order valence-corrected chi connectivity index (χ2v) is 12.5. The molecule has 2 aromatic rings. The summed E-state index contributed by atoms with van der Waals surface area (Å²) >= 11 is 0. The third kappa shape index (κ3) is 7.80. The Balaban J connectivity index is 1.63. The largest absolute Gasteiger partial charge is 0.486 e. The Kier molecular flexibility index (Phi) is 8.70. The molecule has 0 spiro atoms. The van der Waals surface area contributed by atoms with Crippen LogP contribution in [0.5, 0.6) is 5.75 Å². The number of anilines is 2. The zero-order valence-corrected chi connectivity index (χ0v) is 23.5. The lowest BCUT2D eigenvalue weighted by atomic mass is 10.1. The number of hydrogen-bond donors (Lipinski definition) is 4. The second kappa shape index (κ2) is 11.7. The minimum atomic E-state index is -4.76. The number of hydrogen-bond acceptors (Lipinski definition) is 8. The molecular formula is C26H32F3N5O6S. The molecule has 2 amide bonds. The van der Waals surface area contributed by atoms with Crippen LogP contribution in [-0.4, -0.2) is 57.8 Å². The molecule has 0 aromatic heterocycles. The topological polar surface area (TPSA) is 138 Å². The monoisotopic (exact) mass is 599 g/mol. The molecular weight excluding hydrogens is 567 g/mol. The van der Waals surface area contributed by atoms with Crippen LogP contribution in [0.2, 0.25) is 0 Å². The maximum Gasteiger partial charge on any atom is 0.416 e. The summed E-state index contributed by atoms with van der Waals surface area (Å²) in [4.78, 5) is 24.4. The highest BCUT2D eigenvalue weighted by Crippen LogP contribution is 2.40. The zero-order valence-electron chi connectivity index (χ0n) is 22.7. The first-order valence-corrected chi connectivity index (χ1v) is 14.3. The zero-order chi connectivity index (χ0) is 30.0. The van der Waals surface area contributed by atoms with Crippen LogP contribution in [0.3, 0.4) is 0 Å². The first kappa shape index (κ1) is 30.4. The van der Waals surface area contributed by atoms with Crippen molar-refractivity contribution in [1.82, 2.24) is 16.2 Å². The Labute approximate surface area is 235 Å². The molecule has 4 rings (SSSR count). The normalized spacial score (nSPS) is 19.2. The predicted molar refractivity (Wildman–Crippen MR) is 144 cm³/mol. The molecule has 1 unspecified atom stereocenters. The predicted octanol–water partition coefficient (Wildman–Crippen LogP) is 3.38. The van der Waals surface area contributed by atoms with Gasteiger partial charge in [-0.2, -0.15) is 13.2 Å². The fourth-order valence-corrected chi connectivity index (χ4v) is 5.85. The molecule has 0 saturated carbocycles. The number of fused-ring (bicyclic) bond motifs is 1. The highest BCUT2D eigenvalue weighted by Gasteiger charge is 2.38. The maximum atomic E-state index is 13.8. The van der Waals surface area contributed by atoms with Gasteiger partial charge < -0.3 is 14.8 Å². The highest BCUT2D eigenvalue weighted by molar-refractivity contribution is 7.92. The number of carbonyl (C=O) groups excluding carboxylic acids is 2. The van der Waals surface area contributed by atoms with Gasteiger partial charge in [0.1, 0.15) is 17.5 Å². The van der Waals surface area contributed by atoms with Crippen molar-refractivity contribution in [3.8, 4) is 5.75 Å². The summed E-state index contributed by atoms with van der Waals surface area (Å²) in [6.45, 7) is 5.77. The Morgan fingerprint density at radius 2 is 1.90 bits per heavy atom. The summed E-state index contributed by atoms with van der Waals surface area (Å²) in [6.07, 6.45) is -5.88. The SMILES string of the molecule is CC(C)(C)OC(=O)Nc1ccc2c(c1)N(S(=O)(=O)c1cccc(C(F)(F)F)c1)C[C@H](CC(=O)NCC1CCNN1)O2. The summed E-state index contributed by atoms with van der Waals surface area (Å²) in [5.41, 5.74) is 4.21. The molecule has 41 heavy (non-hydrogen) atoms. The molecule has 2 aromatic carbocycles. The first-order valence-electron chi connectivity index (χ1n) is 12.9. The average Bonchev–Trinajstić information content (AvgIpc) is 3.39. The van der Waals surface area contributed by atoms with Crippen molar-refractivity contribution in [3.63, 3.8) is 0 Å². The number of halogens is 3. The summed E-state index contributed by atoms with van der Waals surface area (Å²) in [5, 5.41) is 5.29. The molecule has 2 aliphatic rings. The Bertz CT molecular complexity index is 1390. The van der Waals surface area contributed by atoms with Crippen LogP contribution < -0.4 is 30.5 Å². The molecule has 2 heterocycles. The molecule has 4 N–H and O–H groups in total.